The van der Waals surface area contributed by atoms with Crippen LogP contribution in [0.5, 0.6) is 0 Å². The molecule has 32 heavy (non-hydrogen) atoms. The number of aliphatic hydroxyl groups is 1. The number of aliphatic hydroxyl groups excluding tert-OH is 1. The quantitative estimate of drug-likeness (QED) is 0.327. The van der Waals surface area contributed by atoms with E-state index in [9.17, 15) is 14.7 Å². The minimum Gasteiger partial charge on any atom is -0.394 e. The lowest BCUT2D eigenvalue weighted by Gasteiger charge is -2.19. The monoisotopic (exact) mass is 490 g/mol. The number of fused-ring (bicyclic) bond motifs is 1. The highest BCUT2D eigenvalue weighted by Crippen LogP contribution is 2.26. The van der Waals surface area contributed by atoms with E-state index in [1.54, 1.807) is 54.6 Å². The van der Waals surface area contributed by atoms with Crippen molar-refractivity contribution in [2.45, 2.75) is 6.04 Å². The molecule has 7 nitrogen and oxygen atoms in total. The van der Waals surface area contributed by atoms with Crippen LogP contribution < -0.4 is 10.6 Å². The fourth-order valence-corrected chi connectivity index (χ4v) is 3.62. The number of aromatic nitrogens is 2. The van der Waals surface area contributed by atoms with Gasteiger partial charge in [0.15, 0.2) is 6.29 Å². The molecule has 1 aromatic heterocycles. The first kappa shape index (κ1) is 21.6. The second kappa shape index (κ2) is 9.67. The van der Waals surface area contributed by atoms with Gasteiger partial charge in [0.1, 0.15) is 12.1 Å². The number of carbonyl (C=O) groups is 2. The van der Waals surface area contributed by atoms with Crippen LogP contribution in [0.2, 0.25) is 0 Å². The van der Waals surface area contributed by atoms with Gasteiger partial charge in [-0.15, -0.1) is 0 Å². The van der Waals surface area contributed by atoms with E-state index in [1.807, 2.05) is 12.1 Å². The van der Waals surface area contributed by atoms with E-state index in [4.69, 9.17) is 0 Å². The van der Waals surface area contributed by atoms with Gasteiger partial charge in [0.2, 0.25) is 0 Å². The van der Waals surface area contributed by atoms with Gasteiger partial charge in [-0.05, 0) is 54.1 Å². The summed E-state index contributed by atoms with van der Waals surface area (Å²) in [5, 5.41) is 16.8. The van der Waals surface area contributed by atoms with Gasteiger partial charge in [0.05, 0.1) is 18.2 Å². The van der Waals surface area contributed by atoms with Gasteiger partial charge in [0, 0.05) is 26.7 Å². The van der Waals surface area contributed by atoms with Crippen LogP contribution in [0, 0.1) is 0 Å². The summed E-state index contributed by atoms with van der Waals surface area (Å²) < 4.78 is 0.894. The zero-order valence-corrected chi connectivity index (χ0v) is 18.4. The van der Waals surface area contributed by atoms with Crippen LogP contribution in [0.15, 0.2) is 77.5 Å². The summed E-state index contributed by atoms with van der Waals surface area (Å²) in [7, 11) is 0. The number of nitrogens with zero attached hydrogens (tertiary/aromatic N) is 2. The van der Waals surface area contributed by atoms with Gasteiger partial charge < -0.3 is 15.7 Å². The summed E-state index contributed by atoms with van der Waals surface area (Å²) in [5.41, 5.74) is 2.90. The maximum atomic E-state index is 12.5. The third-order valence-electron chi connectivity index (χ3n) is 4.97. The van der Waals surface area contributed by atoms with Crippen molar-refractivity contribution in [1.29, 1.82) is 0 Å². The van der Waals surface area contributed by atoms with E-state index in [-0.39, 0.29) is 12.5 Å². The SMILES string of the molecule is O=Cc1cccc2c(NC(CO)c3cccc(NC(=O)c4ccc(Br)cc4)c3)ncnc12. The minimum atomic E-state index is -0.488. The number of para-hydroxylation sites is 1. The Morgan fingerprint density at radius 3 is 2.59 bits per heavy atom. The van der Waals surface area contributed by atoms with E-state index in [0.717, 1.165) is 16.3 Å². The second-order valence-electron chi connectivity index (χ2n) is 7.05. The summed E-state index contributed by atoms with van der Waals surface area (Å²) in [6.07, 6.45) is 2.13. The zero-order chi connectivity index (χ0) is 22.5. The van der Waals surface area contributed by atoms with Gasteiger partial charge in [0.25, 0.3) is 5.91 Å². The highest BCUT2D eigenvalue weighted by molar-refractivity contribution is 9.10. The zero-order valence-electron chi connectivity index (χ0n) is 16.8. The molecule has 0 bridgehead atoms. The molecule has 0 aliphatic carbocycles. The molecule has 0 spiro atoms. The number of hydrogen-bond acceptors (Lipinski definition) is 6. The molecule has 4 aromatic rings. The number of aldehydes is 1. The van der Waals surface area contributed by atoms with E-state index < -0.39 is 6.04 Å². The Morgan fingerprint density at radius 2 is 1.84 bits per heavy atom. The van der Waals surface area contributed by atoms with Crippen molar-refractivity contribution in [3.8, 4) is 0 Å². The number of anilines is 2. The predicted molar refractivity (Wildman–Crippen MR) is 127 cm³/mol. The molecule has 3 aromatic carbocycles. The summed E-state index contributed by atoms with van der Waals surface area (Å²) in [6.45, 7) is -0.205. The Kier molecular flexibility index (Phi) is 6.53. The number of rotatable bonds is 7. The van der Waals surface area contributed by atoms with Crippen LogP contribution in [0.3, 0.4) is 0 Å². The normalized spacial score (nSPS) is 11.7. The van der Waals surface area contributed by atoms with Crippen molar-refractivity contribution < 1.29 is 14.7 Å². The summed E-state index contributed by atoms with van der Waals surface area (Å²) in [4.78, 5) is 32.4. The molecule has 160 valence electrons. The third kappa shape index (κ3) is 4.66. The smallest absolute Gasteiger partial charge is 0.255 e. The van der Waals surface area contributed by atoms with E-state index in [1.165, 1.54) is 6.33 Å². The molecule has 0 radical (unpaired) electrons. The summed E-state index contributed by atoms with van der Waals surface area (Å²) >= 11 is 3.36. The highest BCUT2D eigenvalue weighted by atomic mass is 79.9. The maximum Gasteiger partial charge on any atom is 0.255 e. The Balaban J connectivity index is 1.58. The van der Waals surface area contributed by atoms with Crippen LogP contribution in [0.1, 0.15) is 32.3 Å². The number of nitrogens with one attached hydrogen (secondary N) is 2. The number of hydrogen-bond donors (Lipinski definition) is 3. The van der Waals surface area contributed by atoms with E-state index in [0.29, 0.717) is 33.5 Å². The van der Waals surface area contributed by atoms with E-state index in [2.05, 4.69) is 36.5 Å². The lowest BCUT2D eigenvalue weighted by molar-refractivity contribution is 0.102. The molecule has 0 aliphatic heterocycles. The molecule has 1 atom stereocenters. The van der Waals surface area contributed by atoms with Gasteiger partial charge in [-0.3, -0.25) is 9.59 Å². The Morgan fingerprint density at radius 1 is 1.06 bits per heavy atom. The van der Waals surface area contributed by atoms with Crippen molar-refractivity contribution in [3.63, 3.8) is 0 Å². The van der Waals surface area contributed by atoms with Crippen molar-refractivity contribution in [1.82, 2.24) is 9.97 Å². The molecule has 0 aliphatic rings. The van der Waals surface area contributed by atoms with Gasteiger partial charge in [-0.25, -0.2) is 9.97 Å². The summed E-state index contributed by atoms with van der Waals surface area (Å²) in [6, 6.07) is 19.1. The molecule has 1 unspecified atom stereocenters. The molecular weight excluding hydrogens is 472 g/mol. The maximum absolute atomic E-state index is 12.5. The second-order valence-corrected chi connectivity index (χ2v) is 7.97. The third-order valence-corrected chi connectivity index (χ3v) is 5.50. The Hall–Kier alpha value is -3.62. The van der Waals surface area contributed by atoms with Gasteiger partial charge >= 0.3 is 0 Å². The molecule has 1 heterocycles. The fraction of sp³-hybridized carbons (Fsp3) is 0.0833. The Labute approximate surface area is 192 Å². The van der Waals surface area contributed by atoms with Crippen molar-refractivity contribution in [2.24, 2.45) is 0 Å². The number of amides is 1. The average molecular weight is 491 g/mol. The molecule has 1 amide bonds. The minimum absolute atomic E-state index is 0.205. The first-order chi connectivity index (χ1) is 15.6. The fourth-order valence-electron chi connectivity index (χ4n) is 3.36. The summed E-state index contributed by atoms with van der Waals surface area (Å²) in [5.74, 6) is 0.272. The van der Waals surface area contributed by atoms with Crippen LogP contribution in [-0.4, -0.2) is 33.9 Å². The van der Waals surface area contributed by atoms with Crippen LogP contribution in [0.25, 0.3) is 10.9 Å². The number of benzene rings is 3. The highest BCUT2D eigenvalue weighted by Gasteiger charge is 2.15. The average Bonchev–Trinajstić information content (AvgIpc) is 2.82. The van der Waals surface area contributed by atoms with Crippen molar-refractivity contribution in [3.05, 3.63) is 94.2 Å². The standard InChI is InChI=1S/C24H19BrN4O3/c25-18-9-7-15(8-10-18)24(32)28-19-5-1-3-16(11-19)21(13-31)29-23-20-6-2-4-17(12-30)22(20)26-14-27-23/h1-12,14,21,31H,13H2,(H,28,32)(H,26,27,29). The lowest BCUT2D eigenvalue weighted by Crippen LogP contribution is -2.17. The molecular formula is C24H19BrN4O3. The molecule has 0 fully saturated rings. The largest absolute Gasteiger partial charge is 0.394 e. The van der Waals surface area contributed by atoms with Crippen LogP contribution >= 0.6 is 15.9 Å². The first-order valence-electron chi connectivity index (χ1n) is 9.82. The first-order valence-corrected chi connectivity index (χ1v) is 10.6. The van der Waals surface area contributed by atoms with Gasteiger partial charge in [-0.2, -0.15) is 0 Å². The molecule has 8 heteroatoms. The molecule has 0 saturated heterocycles. The topological polar surface area (TPSA) is 104 Å². The predicted octanol–water partition coefficient (Wildman–Crippen LogP) is 4.60. The van der Waals surface area contributed by atoms with Crippen molar-refractivity contribution in [2.75, 3.05) is 17.2 Å². The number of halogens is 1. The van der Waals surface area contributed by atoms with Crippen LogP contribution in [0.4, 0.5) is 11.5 Å². The molecule has 3 N–H and O–H groups in total. The van der Waals surface area contributed by atoms with Crippen molar-refractivity contribution >= 4 is 50.5 Å². The van der Waals surface area contributed by atoms with Crippen LogP contribution in [-0.2, 0) is 0 Å². The molecule has 4 rings (SSSR count). The lowest BCUT2D eigenvalue weighted by atomic mass is 10.1. The van der Waals surface area contributed by atoms with Gasteiger partial charge in [-0.1, -0.05) is 34.1 Å². The Bertz CT molecular complexity index is 1280. The number of carbonyl (C=O) groups excluding carboxylic acids is 2. The molecule has 0 saturated carbocycles. The van der Waals surface area contributed by atoms with E-state index >= 15 is 0 Å².